The molecular weight excluding hydrogens is 1720 g/mol. The lowest BCUT2D eigenvalue weighted by atomic mass is 9.89. The second-order valence-electron chi connectivity index (χ2n) is 30.2. The van der Waals surface area contributed by atoms with Gasteiger partial charge in [0, 0.05) is 104 Å². The number of aliphatic hydroxyl groups is 2. The first-order chi connectivity index (χ1) is 60.7. The number of aromatic hydroxyl groups is 1. The Morgan fingerprint density at radius 2 is 0.953 bits per heavy atom. The van der Waals surface area contributed by atoms with Crippen LogP contribution in [0.4, 0.5) is 0 Å². The molecule has 2 aromatic heterocycles. The van der Waals surface area contributed by atoms with Gasteiger partial charge in [0.25, 0.3) is 5.91 Å². The number of aliphatic hydroxyl groups excluding tert-OH is 2. The Labute approximate surface area is 736 Å². The van der Waals surface area contributed by atoms with Gasteiger partial charge in [-0.3, -0.25) is 101 Å². The van der Waals surface area contributed by atoms with E-state index in [1.54, 1.807) is 0 Å². The summed E-state index contributed by atoms with van der Waals surface area (Å²) < 4.78 is 5.91. The molecule has 0 spiro atoms. The van der Waals surface area contributed by atoms with Crippen LogP contribution >= 0.6 is 11.8 Å². The number of carboxylic acid groups (broad SMARTS) is 3. The van der Waals surface area contributed by atoms with Crippen LogP contribution in [0, 0.1) is 0 Å². The van der Waals surface area contributed by atoms with Crippen LogP contribution in [-0.4, -0.2) is 289 Å². The first kappa shape index (κ1) is 101. The van der Waals surface area contributed by atoms with Crippen LogP contribution < -0.4 is 85.6 Å². The zero-order chi connectivity index (χ0) is 95.7. The number of rotatable bonds is 47. The van der Waals surface area contributed by atoms with Gasteiger partial charge in [0.2, 0.25) is 94.5 Å². The standard InChI is InChI=1S/C80H100N20O28S/c1-33(88-69(115)36(4)92-77(123)63(39(7)101)99-75(121)54(24-44-29-83-32-86-44)95-73(119)52(93-41(9)103)17-19-61(109)110)66(112)89-37(5)70(116)97-55(30-129-58-27-59(106)100(79(58)125)21-20-84-72(118)42-10-13-47(80(126)127)50(22-42)62-48-14-11-45(104)25-56(48)128-57-26-46(105)12-15-49(57)62)76(122)91-35(3)68(114)87-34(2)67(113)90-38(6)71(117)98-64(40(8)102)78(124)96-53(23-43-28-82-31-85-43)74(120)94-51(65(81)111)16-18-60(107)108/h10-15,22,25-26,28-29,31-40,51-55,58,63-64,101-102,104H,16-21,23-24,27,30H2,1-9H3,(H2,81,111)(H,82,85)(H,83,86)(H,84,118)(H,87,114)(H,88,115)(H,89,112)(H,90,113)(H,91,122)(H,92,123)(H,93,103)(H,94,120)(H,95,119)(H,96,124)(H,97,116)(H,98,117)(H,99,121)(H,107,108)(H,109,110)(H,126,127)/t33-,34-,35-,36-,37-,38-,39-,40+,51-,52+,53-,54+,55-,58?,63+,64-/m1/s1. The quantitative estimate of drug-likeness (QED) is 0.0125. The van der Waals surface area contributed by atoms with Crippen molar-refractivity contribution < 1.29 is 131 Å². The molecule has 17 amide bonds. The Kier molecular flexibility index (Phi) is 36.5. The van der Waals surface area contributed by atoms with Gasteiger partial charge in [-0.1, -0.05) is 0 Å². The van der Waals surface area contributed by atoms with E-state index in [0.29, 0.717) is 17.1 Å². The molecule has 16 atom stereocenters. The Bertz CT molecular complexity index is 5260. The van der Waals surface area contributed by atoms with Gasteiger partial charge in [0.15, 0.2) is 5.43 Å². The van der Waals surface area contributed by atoms with Crippen LogP contribution in [0.5, 0.6) is 5.75 Å². The zero-order valence-corrected chi connectivity index (χ0v) is 71.6. The normalized spacial score (nSPS) is 15.9. The number of aromatic carboxylic acids is 1. The van der Waals surface area contributed by atoms with Crippen LogP contribution in [0.15, 0.2) is 88.9 Å². The highest BCUT2D eigenvalue weighted by atomic mass is 32.2. The minimum absolute atomic E-state index is 0.00309. The topological polar surface area (TPSA) is 748 Å². The maximum Gasteiger partial charge on any atom is 0.336 e. The number of hydrogen-bond acceptors (Lipinski definition) is 28. The molecule has 4 heterocycles. The number of likely N-dealkylation sites (tertiary alicyclic amines) is 1. The summed E-state index contributed by atoms with van der Waals surface area (Å²) in [6.45, 7) is 9.35. The number of phenols is 1. The number of phenolic OH excluding ortho intramolecular Hbond substituents is 1. The second-order valence-corrected chi connectivity index (χ2v) is 31.4. The number of imide groups is 1. The van der Waals surface area contributed by atoms with Gasteiger partial charge in [0.1, 0.15) is 95.6 Å². The van der Waals surface area contributed by atoms with Gasteiger partial charge >= 0.3 is 17.9 Å². The van der Waals surface area contributed by atoms with E-state index in [-0.39, 0.29) is 75.7 Å². The van der Waals surface area contributed by atoms with Gasteiger partial charge in [-0.05, 0) is 116 Å². The lowest BCUT2D eigenvalue weighted by Gasteiger charge is -2.27. The Balaban J connectivity index is 1.01. The highest BCUT2D eigenvalue weighted by Crippen LogP contribution is 2.42. The average molecular weight is 1820 g/mol. The number of nitrogens with one attached hydrogen (secondary N) is 16. The van der Waals surface area contributed by atoms with Crippen molar-refractivity contribution in [3.63, 3.8) is 0 Å². The molecule has 4 aromatic rings. The molecule has 1 unspecified atom stereocenters. The second kappa shape index (κ2) is 46.4. The van der Waals surface area contributed by atoms with E-state index in [9.17, 15) is 126 Å². The number of amides is 17. The molecule has 1 fully saturated rings. The van der Waals surface area contributed by atoms with E-state index >= 15 is 0 Å². The minimum Gasteiger partial charge on any atom is -0.508 e. The smallest absolute Gasteiger partial charge is 0.336 e. The van der Waals surface area contributed by atoms with Crippen LogP contribution in [0.3, 0.4) is 0 Å². The molecule has 7 rings (SSSR count). The first-order valence-corrected chi connectivity index (χ1v) is 41.0. The molecular formula is C80H100N20O28S. The SMILES string of the molecule is CC(=O)N[C@@H](CCC(=O)O)C(=O)N[C@@H](Cc1c[nH]cn1)C(=O)N[C@H](C(=O)N[C@H](C)C(=O)N[C@H](C)C(=O)N[C@H](C)C(=O)N[C@H](CSC1CC(=O)N(CCNC(=O)c2ccc(C(=O)O)c(-c3c4ccc(=O)cc-4oc4cc(O)ccc34)c2)C1=O)C(=O)N[C@H](C)C(=O)N[C@H](C)C(=O)N[C@H](C)C(=O)N[C@@H](C(=O)N[C@H](Cc1c[nH]cn1)C(=O)N[C@H](CCC(=O)O)C(N)=O)[C@H](C)O)[C@@H](C)O. The number of aliphatic carboxylic acids is 2. The molecule has 2 aromatic carbocycles. The number of carbonyl (C=O) groups is 20. The lowest BCUT2D eigenvalue weighted by Crippen LogP contribution is -2.61. The summed E-state index contributed by atoms with van der Waals surface area (Å²) in [6.07, 6.45) is -1.30. The molecule has 694 valence electrons. The number of thioether (sulfide) groups is 1. The van der Waals surface area contributed by atoms with E-state index in [4.69, 9.17) is 15.3 Å². The lowest BCUT2D eigenvalue weighted by molar-refractivity contribution is -0.139. The number of fused-ring (bicyclic) bond motifs is 2. The number of aromatic nitrogens is 4. The summed E-state index contributed by atoms with van der Waals surface area (Å²) >= 11 is 0.676. The molecule has 3 aliphatic rings. The third-order valence-corrected chi connectivity index (χ3v) is 21.2. The number of nitrogens with zero attached hydrogens (tertiary/aromatic N) is 3. The maximum atomic E-state index is 14.4. The Morgan fingerprint density at radius 1 is 0.512 bits per heavy atom. The van der Waals surface area contributed by atoms with Gasteiger partial charge in [-0.25, -0.2) is 14.8 Å². The van der Waals surface area contributed by atoms with Crippen molar-refractivity contribution in [2.45, 2.75) is 203 Å². The number of carbonyl (C=O) groups excluding carboxylic acids is 17. The number of nitrogens with two attached hydrogens (primary N) is 1. The summed E-state index contributed by atoms with van der Waals surface area (Å²) in [5, 5.41) is 92.4. The summed E-state index contributed by atoms with van der Waals surface area (Å²) in [4.78, 5) is 293. The summed E-state index contributed by atoms with van der Waals surface area (Å²) in [5.41, 5.74) is 5.56. The van der Waals surface area contributed by atoms with Crippen LogP contribution in [0.2, 0.25) is 0 Å². The first-order valence-electron chi connectivity index (χ1n) is 40.0. The van der Waals surface area contributed by atoms with Crippen LogP contribution in [-0.2, 0) is 99.1 Å². The van der Waals surface area contributed by atoms with E-state index in [2.05, 4.69) is 94.4 Å². The summed E-state index contributed by atoms with van der Waals surface area (Å²) in [6, 6.07) is -9.52. The van der Waals surface area contributed by atoms with Crippen molar-refractivity contribution in [1.29, 1.82) is 0 Å². The maximum absolute atomic E-state index is 14.4. The fraction of sp³-hybridized carbons (Fsp3) is 0.438. The summed E-state index contributed by atoms with van der Waals surface area (Å²) in [7, 11) is 0. The van der Waals surface area contributed by atoms with E-state index in [0.717, 1.165) is 73.3 Å². The van der Waals surface area contributed by atoms with Crippen molar-refractivity contribution in [1.82, 2.24) is 99.3 Å². The number of aromatic amines is 2. The number of hydrogen-bond donors (Lipinski definition) is 23. The molecule has 1 aliphatic carbocycles. The van der Waals surface area contributed by atoms with E-state index in [1.807, 2.05) is 0 Å². The molecule has 24 N–H and O–H groups in total. The number of carboxylic acids is 3. The Hall–Kier alpha value is -14.8. The van der Waals surface area contributed by atoms with E-state index in [1.165, 1.54) is 73.6 Å². The highest BCUT2D eigenvalue weighted by Gasteiger charge is 2.42. The van der Waals surface area contributed by atoms with Crippen molar-refractivity contribution in [3.8, 4) is 28.2 Å². The van der Waals surface area contributed by atoms with E-state index < -0.39 is 264 Å². The fourth-order valence-corrected chi connectivity index (χ4v) is 14.0. The largest absolute Gasteiger partial charge is 0.508 e. The summed E-state index contributed by atoms with van der Waals surface area (Å²) in [5.74, 6) is -22.0. The van der Waals surface area contributed by atoms with Gasteiger partial charge < -0.3 is 125 Å². The third kappa shape index (κ3) is 29.1. The monoisotopic (exact) mass is 1820 g/mol. The fourth-order valence-electron chi connectivity index (χ4n) is 12.8. The number of primary amides is 1. The highest BCUT2D eigenvalue weighted by molar-refractivity contribution is 8.00. The average Bonchev–Trinajstić information content (AvgIpc) is 1.53. The predicted octanol–water partition coefficient (Wildman–Crippen LogP) is -6.09. The molecule has 2 aliphatic heterocycles. The van der Waals surface area contributed by atoms with Crippen LogP contribution in [0.1, 0.15) is 127 Å². The van der Waals surface area contributed by atoms with Crippen molar-refractivity contribution >= 4 is 141 Å². The molecule has 0 bridgehead atoms. The molecule has 129 heavy (non-hydrogen) atoms. The van der Waals surface area contributed by atoms with Crippen LogP contribution in [0.25, 0.3) is 33.4 Å². The van der Waals surface area contributed by atoms with Gasteiger partial charge in [0.05, 0.1) is 47.1 Å². The molecule has 1 saturated heterocycles. The van der Waals surface area contributed by atoms with Crippen molar-refractivity contribution in [3.05, 3.63) is 112 Å². The minimum atomic E-state index is -1.84. The zero-order valence-electron chi connectivity index (χ0n) is 70.8. The number of imidazole rings is 2. The van der Waals surface area contributed by atoms with Crippen molar-refractivity contribution in [2.75, 3.05) is 18.8 Å². The molecule has 49 heteroatoms. The number of H-pyrrole nitrogens is 2. The molecule has 48 nitrogen and oxygen atoms in total. The third-order valence-electron chi connectivity index (χ3n) is 19.9. The van der Waals surface area contributed by atoms with Crippen molar-refractivity contribution in [2.24, 2.45) is 5.73 Å². The number of benzene rings is 3. The predicted molar refractivity (Wildman–Crippen MR) is 449 cm³/mol. The molecule has 0 radical (unpaired) electrons. The molecule has 0 saturated carbocycles. The van der Waals surface area contributed by atoms with Gasteiger partial charge in [-0.2, -0.15) is 0 Å². The Morgan fingerprint density at radius 3 is 1.44 bits per heavy atom. The van der Waals surface area contributed by atoms with Gasteiger partial charge in [-0.15, -0.1) is 11.8 Å².